The number of likely N-dealkylation sites (tertiary alicyclic amines) is 1. The van der Waals surface area contributed by atoms with Crippen molar-refractivity contribution in [1.82, 2.24) is 4.90 Å². The summed E-state index contributed by atoms with van der Waals surface area (Å²) in [5, 5.41) is 0. The number of guanidine groups is 1. The van der Waals surface area contributed by atoms with E-state index in [1.54, 1.807) is 6.07 Å². The Morgan fingerprint density at radius 2 is 1.86 bits per heavy atom. The molecular weight excluding hydrogens is 399 g/mol. The standard InChI is InChI=1S/C16H21F2N3.HI/c17-12-4-5-13(14(18)10-12)16(6-7-16)11-20-15(19)21-8-2-1-3-9-21;/h4-5,10H,1-3,6-9,11H2,(H2,19,20);1H. The minimum absolute atomic E-state index is 0. The highest BCUT2D eigenvalue weighted by Gasteiger charge is 2.46. The minimum atomic E-state index is -0.539. The van der Waals surface area contributed by atoms with E-state index >= 15 is 0 Å². The van der Waals surface area contributed by atoms with Gasteiger partial charge in [-0.05, 0) is 43.7 Å². The summed E-state index contributed by atoms with van der Waals surface area (Å²) in [7, 11) is 0. The predicted molar refractivity (Wildman–Crippen MR) is 94.6 cm³/mol. The lowest BCUT2D eigenvalue weighted by atomic mass is 9.95. The van der Waals surface area contributed by atoms with E-state index < -0.39 is 11.6 Å². The zero-order valence-electron chi connectivity index (χ0n) is 12.5. The molecule has 1 saturated heterocycles. The van der Waals surface area contributed by atoms with E-state index in [4.69, 9.17) is 5.73 Å². The van der Waals surface area contributed by atoms with Crippen molar-refractivity contribution in [1.29, 1.82) is 0 Å². The molecule has 6 heteroatoms. The third-order valence-electron chi connectivity index (χ3n) is 4.58. The van der Waals surface area contributed by atoms with E-state index in [0.717, 1.165) is 44.8 Å². The first-order valence-corrected chi connectivity index (χ1v) is 7.61. The molecule has 2 N–H and O–H groups in total. The Morgan fingerprint density at radius 3 is 2.45 bits per heavy atom. The molecule has 1 aromatic rings. The number of benzene rings is 1. The van der Waals surface area contributed by atoms with E-state index in [9.17, 15) is 8.78 Å². The zero-order valence-corrected chi connectivity index (χ0v) is 14.9. The van der Waals surface area contributed by atoms with Crippen LogP contribution in [-0.4, -0.2) is 30.5 Å². The second kappa shape index (κ2) is 7.10. The molecule has 0 amide bonds. The van der Waals surface area contributed by atoms with Crippen LogP contribution in [0.2, 0.25) is 0 Å². The smallest absolute Gasteiger partial charge is 0.191 e. The quantitative estimate of drug-likeness (QED) is 0.462. The molecule has 1 saturated carbocycles. The van der Waals surface area contributed by atoms with E-state index in [-0.39, 0.29) is 29.4 Å². The van der Waals surface area contributed by atoms with Crippen LogP contribution in [0.1, 0.15) is 37.7 Å². The second-order valence-corrected chi connectivity index (χ2v) is 6.13. The molecule has 0 atom stereocenters. The maximum atomic E-state index is 13.9. The fourth-order valence-corrected chi connectivity index (χ4v) is 3.04. The van der Waals surface area contributed by atoms with Crippen LogP contribution in [0.3, 0.4) is 0 Å². The second-order valence-electron chi connectivity index (χ2n) is 6.13. The number of nitrogens with two attached hydrogens (primary N) is 1. The lowest BCUT2D eigenvalue weighted by molar-refractivity contribution is 0.337. The molecule has 1 aliphatic carbocycles. The molecule has 0 bridgehead atoms. The third kappa shape index (κ3) is 3.70. The van der Waals surface area contributed by atoms with Gasteiger partial charge in [-0.25, -0.2) is 8.78 Å². The molecular formula is C16H22F2IN3. The average molecular weight is 421 g/mol. The van der Waals surface area contributed by atoms with Gasteiger partial charge in [0.1, 0.15) is 11.6 Å². The molecule has 1 heterocycles. The summed E-state index contributed by atoms with van der Waals surface area (Å²) in [6.45, 7) is 2.39. The third-order valence-corrected chi connectivity index (χ3v) is 4.58. The average Bonchev–Trinajstić information content (AvgIpc) is 3.26. The van der Waals surface area contributed by atoms with Crippen LogP contribution in [0.25, 0.3) is 0 Å². The summed E-state index contributed by atoms with van der Waals surface area (Å²) >= 11 is 0. The van der Waals surface area contributed by atoms with Crippen molar-refractivity contribution in [3.8, 4) is 0 Å². The Balaban J connectivity index is 0.00000176. The van der Waals surface area contributed by atoms with Gasteiger partial charge in [0, 0.05) is 24.6 Å². The largest absolute Gasteiger partial charge is 0.370 e. The van der Waals surface area contributed by atoms with Crippen molar-refractivity contribution >= 4 is 29.9 Å². The SMILES string of the molecule is I.NC(=NCC1(c2ccc(F)cc2F)CC1)N1CCCCC1. The molecule has 1 aliphatic heterocycles. The molecule has 122 valence electrons. The van der Waals surface area contributed by atoms with E-state index in [1.807, 2.05) is 0 Å². The first-order chi connectivity index (χ1) is 10.1. The number of rotatable bonds is 3. The van der Waals surface area contributed by atoms with Crippen molar-refractivity contribution < 1.29 is 8.78 Å². The molecule has 1 aromatic carbocycles. The van der Waals surface area contributed by atoms with Crippen LogP contribution in [0.5, 0.6) is 0 Å². The Bertz CT molecular complexity index is 552. The Kier molecular flexibility index (Phi) is 5.63. The topological polar surface area (TPSA) is 41.6 Å². The van der Waals surface area contributed by atoms with Gasteiger partial charge in [0.15, 0.2) is 5.96 Å². The number of halogens is 3. The van der Waals surface area contributed by atoms with Crippen molar-refractivity contribution in [2.75, 3.05) is 19.6 Å². The lowest BCUT2D eigenvalue weighted by Gasteiger charge is -2.28. The normalized spacial score (nSPS) is 20.5. The maximum Gasteiger partial charge on any atom is 0.191 e. The van der Waals surface area contributed by atoms with Crippen molar-refractivity contribution in [2.45, 2.75) is 37.5 Å². The van der Waals surface area contributed by atoms with Gasteiger partial charge >= 0.3 is 0 Å². The molecule has 2 aliphatic rings. The number of hydrogen-bond donors (Lipinski definition) is 1. The summed E-state index contributed by atoms with van der Waals surface area (Å²) in [4.78, 5) is 6.58. The first-order valence-electron chi connectivity index (χ1n) is 7.61. The van der Waals surface area contributed by atoms with Crippen LogP contribution in [-0.2, 0) is 5.41 Å². The van der Waals surface area contributed by atoms with Gasteiger partial charge in [-0.3, -0.25) is 4.99 Å². The van der Waals surface area contributed by atoms with Crippen LogP contribution >= 0.6 is 24.0 Å². The highest BCUT2D eigenvalue weighted by atomic mass is 127. The van der Waals surface area contributed by atoms with Gasteiger partial charge in [0.05, 0.1) is 6.54 Å². The van der Waals surface area contributed by atoms with Gasteiger partial charge in [-0.15, -0.1) is 24.0 Å². The molecule has 0 aromatic heterocycles. The molecule has 0 spiro atoms. The van der Waals surface area contributed by atoms with Gasteiger partial charge in [0.25, 0.3) is 0 Å². The highest BCUT2D eigenvalue weighted by Crippen LogP contribution is 2.49. The number of aliphatic imine (C=N–C) groups is 1. The summed E-state index contributed by atoms with van der Waals surface area (Å²) in [6.07, 6.45) is 5.30. The lowest BCUT2D eigenvalue weighted by Crippen LogP contribution is -2.41. The zero-order chi connectivity index (χ0) is 14.9. The van der Waals surface area contributed by atoms with Gasteiger partial charge in [-0.2, -0.15) is 0 Å². The van der Waals surface area contributed by atoms with Gasteiger partial charge in [-0.1, -0.05) is 6.07 Å². The monoisotopic (exact) mass is 421 g/mol. The Labute approximate surface area is 147 Å². The summed E-state index contributed by atoms with van der Waals surface area (Å²) in [5.74, 6) is -0.453. The molecule has 0 unspecified atom stereocenters. The first kappa shape index (κ1) is 17.4. The van der Waals surface area contributed by atoms with Crippen LogP contribution in [0.4, 0.5) is 8.78 Å². The predicted octanol–water partition coefficient (Wildman–Crippen LogP) is 3.42. The molecule has 3 nitrogen and oxygen atoms in total. The fourth-order valence-electron chi connectivity index (χ4n) is 3.04. The summed E-state index contributed by atoms with van der Waals surface area (Å²) in [6, 6.07) is 3.81. The van der Waals surface area contributed by atoms with E-state index in [1.165, 1.54) is 12.5 Å². The number of nitrogens with zero attached hydrogens (tertiary/aromatic N) is 2. The van der Waals surface area contributed by atoms with Crippen LogP contribution < -0.4 is 5.73 Å². The van der Waals surface area contributed by atoms with Crippen LogP contribution in [0.15, 0.2) is 23.2 Å². The molecule has 0 radical (unpaired) electrons. The van der Waals surface area contributed by atoms with E-state index in [0.29, 0.717) is 18.1 Å². The number of hydrogen-bond acceptors (Lipinski definition) is 1. The maximum absolute atomic E-state index is 13.9. The molecule has 2 fully saturated rings. The summed E-state index contributed by atoms with van der Waals surface area (Å²) in [5.41, 5.74) is 6.33. The van der Waals surface area contributed by atoms with Crippen LogP contribution in [0, 0.1) is 11.6 Å². The molecule has 3 rings (SSSR count). The molecule has 22 heavy (non-hydrogen) atoms. The van der Waals surface area contributed by atoms with E-state index in [2.05, 4.69) is 9.89 Å². The fraction of sp³-hybridized carbons (Fsp3) is 0.562. The highest BCUT2D eigenvalue weighted by molar-refractivity contribution is 14.0. The summed E-state index contributed by atoms with van der Waals surface area (Å²) < 4.78 is 27.0. The van der Waals surface area contributed by atoms with Crippen molar-refractivity contribution in [2.24, 2.45) is 10.7 Å². The van der Waals surface area contributed by atoms with Crippen molar-refractivity contribution in [3.63, 3.8) is 0 Å². The van der Waals surface area contributed by atoms with Gasteiger partial charge in [0.2, 0.25) is 0 Å². The minimum Gasteiger partial charge on any atom is -0.370 e. The van der Waals surface area contributed by atoms with Crippen molar-refractivity contribution in [3.05, 3.63) is 35.4 Å². The van der Waals surface area contributed by atoms with Gasteiger partial charge < -0.3 is 10.6 Å². The number of piperidine rings is 1. The Hall–Kier alpha value is -0.920. The Morgan fingerprint density at radius 1 is 1.18 bits per heavy atom.